The first-order valence-corrected chi connectivity index (χ1v) is 8.39. The minimum atomic E-state index is -0.124. The predicted molar refractivity (Wildman–Crippen MR) is 90.6 cm³/mol. The van der Waals surface area contributed by atoms with Gasteiger partial charge in [0.05, 0.1) is 6.61 Å². The average molecular weight is 329 g/mol. The molecule has 6 heteroatoms. The maximum Gasteiger partial charge on any atom is 0.292 e. The summed E-state index contributed by atoms with van der Waals surface area (Å²) in [6, 6.07) is 11.5. The number of nitrogens with zero attached hydrogens (tertiary/aromatic N) is 3. The zero-order valence-corrected chi connectivity index (χ0v) is 13.9. The largest absolute Gasteiger partial charge is 0.395 e. The number of carbonyl (C=O) groups is 1. The van der Waals surface area contributed by atoms with Crippen molar-refractivity contribution in [2.24, 2.45) is 0 Å². The molecule has 6 nitrogen and oxygen atoms in total. The molecule has 1 unspecified atom stereocenters. The predicted octanol–water partition coefficient (Wildman–Crippen LogP) is 1.87. The minimum Gasteiger partial charge on any atom is -0.395 e. The van der Waals surface area contributed by atoms with Crippen molar-refractivity contribution in [2.75, 3.05) is 32.8 Å². The molecule has 1 aliphatic heterocycles. The number of benzene rings is 1. The van der Waals surface area contributed by atoms with Crippen LogP contribution in [0.15, 0.2) is 40.9 Å². The van der Waals surface area contributed by atoms with E-state index in [1.807, 2.05) is 30.3 Å². The smallest absolute Gasteiger partial charge is 0.292 e. The maximum absolute atomic E-state index is 12.6. The van der Waals surface area contributed by atoms with E-state index in [9.17, 15) is 9.90 Å². The van der Waals surface area contributed by atoms with Crippen LogP contribution in [-0.2, 0) is 0 Å². The molecule has 0 bridgehead atoms. The van der Waals surface area contributed by atoms with E-state index >= 15 is 0 Å². The Morgan fingerprint density at radius 2 is 1.96 bits per heavy atom. The lowest BCUT2D eigenvalue weighted by molar-refractivity contribution is 0.0443. The molecular weight excluding hydrogens is 306 g/mol. The van der Waals surface area contributed by atoms with Gasteiger partial charge in [-0.3, -0.25) is 9.69 Å². The van der Waals surface area contributed by atoms with Gasteiger partial charge in [-0.15, -0.1) is 0 Å². The lowest BCUT2D eigenvalue weighted by Gasteiger charge is -2.38. The molecule has 1 aliphatic rings. The van der Waals surface area contributed by atoms with Gasteiger partial charge in [0, 0.05) is 43.9 Å². The topological polar surface area (TPSA) is 69.8 Å². The van der Waals surface area contributed by atoms with Crippen LogP contribution in [-0.4, -0.2) is 64.8 Å². The summed E-state index contributed by atoms with van der Waals surface area (Å²) in [7, 11) is 0. The molecule has 1 saturated heterocycles. The van der Waals surface area contributed by atoms with E-state index in [-0.39, 0.29) is 24.3 Å². The number of amides is 1. The summed E-state index contributed by atoms with van der Waals surface area (Å²) >= 11 is 0. The molecular formula is C18H23N3O3. The second kappa shape index (κ2) is 7.59. The molecule has 0 aliphatic carbocycles. The molecule has 0 radical (unpaired) electrons. The van der Waals surface area contributed by atoms with E-state index in [0.29, 0.717) is 18.8 Å². The number of aliphatic hydroxyl groups excluding tert-OH is 1. The molecule has 1 fully saturated rings. The van der Waals surface area contributed by atoms with Crippen LogP contribution in [0.4, 0.5) is 0 Å². The summed E-state index contributed by atoms with van der Waals surface area (Å²) < 4.78 is 5.26. The first-order chi connectivity index (χ1) is 11.7. The fourth-order valence-electron chi connectivity index (χ4n) is 3.07. The number of rotatable bonds is 5. The van der Waals surface area contributed by atoms with Crippen LogP contribution in [0.5, 0.6) is 0 Å². The molecule has 3 rings (SSSR count). The number of piperazine rings is 1. The Kier molecular flexibility index (Phi) is 5.27. The van der Waals surface area contributed by atoms with Gasteiger partial charge in [0.15, 0.2) is 0 Å². The van der Waals surface area contributed by atoms with E-state index in [1.54, 1.807) is 11.0 Å². The molecule has 1 atom stereocenters. The Morgan fingerprint density at radius 3 is 2.58 bits per heavy atom. The van der Waals surface area contributed by atoms with Gasteiger partial charge >= 0.3 is 0 Å². The van der Waals surface area contributed by atoms with E-state index in [2.05, 4.69) is 17.0 Å². The van der Waals surface area contributed by atoms with Gasteiger partial charge in [-0.05, 0) is 6.42 Å². The summed E-state index contributed by atoms with van der Waals surface area (Å²) in [6.07, 6.45) is 0.910. The third-order valence-electron chi connectivity index (χ3n) is 4.59. The molecule has 1 amide bonds. The lowest BCUT2D eigenvalue weighted by Crippen LogP contribution is -2.52. The Hall–Kier alpha value is -2.18. The van der Waals surface area contributed by atoms with Gasteiger partial charge in [-0.1, -0.05) is 42.4 Å². The van der Waals surface area contributed by atoms with Crippen molar-refractivity contribution in [1.29, 1.82) is 0 Å². The Bertz CT molecular complexity index is 659. The molecule has 2 aromatic rings. The van der Waals surface area contributed by atoms with Crippen molar-refractivity contribution < 1.29 is 14.4 Å². The van der Waals surface area contributed by atoms with E-state index in [1.165, 1.54) is 0 Å². The second-order valence-electron chi connectivity index (χ2n) is 6.02. The molecule has 1 aromatic heterocycles. The fourth-order valence-corrected chi connectivity index (χ4v) is 3.07. The zero-order chi connectivity index (χ0) is 16.9. The monoisotopic (exact) mass is 329 g/mol. The molecule has 2 heterocycles. The third-order valence-corrected chi connectivity index (χ3v) is 4.59. The highest BCUT2D eigenvalue weighted by atomic mass is 16.5. The number of hydrogen-bond acceptors (Lipinski definition) is 5. The SMILES string of the molecule is CCC(CO)N1CCN(C(=O)c2cc(-c3ccccc3)no2)CC1. The molecule has 1 N–H and O–H groups in total. The van der Waals surface area contributed by atoms with Gasteiger partial charge < -0.3 is 14.5 Å². The summed E-state index contributed by atoms with van der Waals surface area (Å²) in [5.41, 5.74) is 1.60. The van der Waals surface area contributed by atoms with Crippen LogP contribution in [0.1, 0.15) is 23.9 Å². The van der Waals surface area contributed by atoms with Crippen molar-refractivity contribution in [3.63, 3.8) is 0 Å². The number of hydrogen-bond donors (Lipinski definition) is 1. The number of carbonyl (C=O) groups excluding carboxylic acids is 1. The van der Waals surface area contributed by atoms with Crippen LogP contribution >= 0.6 is 0 Å². The molecule has 0 spiro atoms. The quantitative estimate of drug-likeness (QED) is 0.907. The first kappa shape index (κ1) is 16.7. The van der Waals surface area contributed by atoms with Crippen molar-refractivity contribution >= 4 is 5.91 Å². The van der Waals surface area contributed by atoms with Gasteiger partial charge in [-0.2, -0.15) is 0 Å². The van der Waals surface area contributed by atoms with Crippen molar-refractivity contribution in [3.8, 4) is 11.3 Å². The standard InChI is InChI=1S/C18H23N3O3/c1-2-15(13-22)20-8-10-21(11-9-20)18(23)17-12-16(19-24-17)14-6-4-3-5-7-14/h3-7,12,15,22H,2,8-11,13H2,1H3. The number of aromatic nitrogens is 1. The molecule has 1 aromatic carbocycles. The molecule has 128 valence electrons. The highest BCUT2D eigenvalue weighted by Gasteiger charge is 2.27. The Morgan fingerprint density at radius 1 is 1.25 bits per heavy atom. The number of aliphatic hydroxyl groups is 1. The van der Waals surface area contributed by atoms with Crippen molar-refractivity contribution in [3.05, 3.63) is 42.2 Å². The summed E-state index contributed by atoms with van der Waals surface area (Å²) in [5, 5.41) is 13.4. The average Bonchev–Trinajstić information content (AvgIpc) is 3.14. The van der Waals surface area contributed by atoms with Crippen LogP contribution in [0, 0.1) is 0 Å². The van der Waals surface area contributed by atoms with Crippen LogP contribution in [0.25, 0.3) is 11.3 Å². The summed E-state index contributed by atoms with van der Waals surface area (Å²) in [4.78, 5) is 16.6. The van der Waals surface area contributed by atoms with Gasteiger partial charge in [-0.25, -0.2) is 0 Å². The van der Waals surface area contributed by atoms with Crippen LogP contribution in [0.3, 0.4) is 0 Å². The third kappa shape index (κ3) is 3.49. The Labute approximate surface area is 141 Å². The zero-order valence-electron chi connectivity index (χ0n) is 13.9. The van der Waals surface area contributed by atoms with Crippen molar-refractivity contribution in [2.45, 2.75) is 19.4 Å². The minimum absolute atomic E-state index is 0.124. The van der Waals surface area contributed by atoms with Crippen LogP contribution in [0.2, 0.25) is 0 Å². The summed E-state index contributed by atoms with van der Waals surface area (Å²) in [5.74, 6) is 0.151. The molecule has 0 saturated carbocycles. The maximum atomic E-state index is 12.6. The normalized spacial score (nSPS) is 17.0. The van der Waals surface area contributed by atoms with Crippen molar-refractivity contribution in [1.82, 2.24) is 15.0 Å². The van der Waals surface area contributed by atoms with E-state index in [0.717, 1.165) is 25.1 Å². The van der Waals surface area contributed by atoms with Gasteiger partial charge in [0.1, 0.15) is 5.69 Å². The second-order valence-corrected chi connectivity index (χ2v) is 6.02. The summed E-state index contributed by atoms with van der Waals surface area (Å²) in [6.45, 7) is 5.04. The first-order valence-electron chi connectivity index (χ1n) is 8.39. The van der Waals surface area contributed by atoms with Gasteiger partial charge in [0.2, 0.25) is 5.76 Å². The molecule has 24 heavy (non-hydrogen) atoms. The van der Waals surface area contributed by atoms with E-state index in [4.69, 9.17) is 4.52 Å². The Balaban J connectivity index is 1.63. The highest BCUT2D eigenvalue weighted by molar-refractivity contribution is 5.92. The van der Waals surface area contributed by atoms with E-state index < -0.39 is 0 Å². The fraction of sp³-hybridized carbons (Fsp3) is 0.444. The van der Waals surface area contributed by atoms with Gasteiger partial charge in [0.25, 0.3) is 5.91 Å². The van der Waals surface area contributed by atoms with Crippen LogP contribution < -0.4 is 0 Å². The lowest BCUT2D eigenvalue weighted by atomic mass is 10.1. The highest BCUT2D eigenvalue weighted by Crippen LogP contribution is 2.20.